The maximum absolute atomic E-state index is 13.7. The Hall–Kier alpha value is -4.91. The first-order valence-electron chi connectivity index (χ1n) is 12.8. The standard InChI is InChI=1S/C32H29N3O4/c1-20-25-14-6-7-15-26(25)30-27(33)16-9-17-28(30)35(31(20)37)32(38)21(2)34-29(36)19-22-10-8-13-24(18-22)39-23-11-4-3-5-12-23/h3-18,20-21H,19,33H2,1-2H3,(H,34,36)/t20?,21-/m0/s1. The Morgan fingerprint density at radius 3 is 2.41 bits per heavy atom. The molecule has 0 radical (unpaired) electrons. The summed E-state index contributed by atoms with van der Waals surface area (Å²) in [7, 11) is 0. The molecule has 1 aliphatic heterocycles. The van der Waals surface area contributed by atoms with Crippen LogP contribution < -0.4 is 20.7 Å². The first kappa shape index (κ1) is 25.7. The lowest BCUT2D eigenvalue weighted by Gasteiger charge is -2.26. The Balaban J connectivity index is 1.34. The number of nitrogens with zero attached hydrogens (tertiary/aromatic N) is 1. The van der Waals surface area contributed by atoms with Crippen molar-refractivity contribution in [3.8, 4) is 22.6 Å². The topological polar surface area (TPSA) is 102 Å². The highest BCUT2D eigenvalue weighted by molar-refractivity contribution is 6.22. The first-order valence-corrected chi connectivity index (χ1v) is 12.8. The number of imide groups is 1. The molecular formula is C32H29N3O4. The highest BCUT2D eigenvalue weighted by atomic mass is 16.5. The lowest BCUT2D eigenvalue weighted by Crippen LogP contribution is -2.50. The van der Waals surface area contributed by atoms with Gasteiger partial charge < -0.3 is 15.8 Å². The monoisotopic (exact) mass is 519 g/mol. The van der Waals surface area contributed by atoms with Gasteiger partial charge in [0.15, 0.2) is 0 Å². The second kappa shape index (κ2) is 10.8. The van der Waals surface area contributed by atoms with Gasteiger partial charge in [-0.05, 0) is 66.9 Å². The average Bonchev–Trinajstić information content (AvgIpc) is 3.02. The molecule has 7 heteroatoms. The van der Waals surface area contributed by atoms with E-state index in [2.05, 4.69) is 5.32 Å². The third-order valence-corrected chi connectivity index (χ3v) is 6.81. The number of rotatable bonds is 6. The summed E-state index contributed by atoms with van der Waals surface area (Å²) in [6, 6.07) is 28.4. The van der Waals surface area contributed by atoms with Crippen LogP contribution in [-0.4, -0.2) is 23.8 Å². The number of fused-ring (bicyclic) bond motifs is 3. The van der Waals surface area contributed by atoms with E-state index in [1.165, 1.54) is 0 Å². The summed E-state index contributed by atoms with van der Waals surface area (Å²) in [5.74, 6) is -0.526. The van der Waals surface area contributed by atoms with Crippen LogP contribution in [0.25, 0.3) is 11.1 Å². The van der Waals surface area contributed by atoms with Crippen molar-refractivity contribution in [2.75, 3.05) is 10.6 Å². The van der Waals surface area contributed by atoms with Gasteiger partial charge in [-0.3, -0.25) is 14.4 Å². The van der Waals surface area contributed by atoms with Gasteiger partial charge in [0.1, 0.15) is 17.5 Å². The number of ether oxygens (including phenoxy) is 1. The van der Waals surface area contributed by atoms with E-state index in [1.54, 1.807) is 38.1 Å². The number of nitrogens with one attached hydrogen (secondary N) is 1. The van der Waals surface area contributed by atoms with Gasteiger partial charge in [0.05, 0.1) is 18.0 Å². The number of amides is 3. The van der Waals surface area contributed by atoms with Crippen LogP contribution in [0.3, 0.4) is 0 Å². The van der Waals surface area contributed by atoms with E-state index in [4.69, 9.17) is 10.5 Å². The quantitative estimate of drug-likeness (QED) is 0.330. The van der Waals surface area contributed by atoms with E-state index < -0.39 is 17.9 Å². The predicted molar refractivity (Wildman–Crippen MR) is 151 cm³/mol. The van der Waals surface area contributed by atoms with Gasteiger partial charge in [-0.2, -0.15) is 0 Å². The van der Waals surface area contributed by atoms with Gasteiger partial charge in [0.2, 0.25) is 11.8 Å². The Kier molecular flexibility index (Phi) is 7.14. The van der Waals surface area contributed by atoms with Crippen molar-refractivity contribution in [1.29, 1.82) is 0 Å². The molecule has 39 heavy (non-hydrogen) atoms. The van der Waals surface area contributed by atoms with Crippen LogP contribution in [-0.2, 0) is 20.8 Å². The van der Waals surface area contributed by atoms with Crippen LogP contribution in [0.15, 0.2) is 97.1 Å². The van der Waals surface area contributed by atoms with Crippen molar-refractivity contribution < 1.29 is 19.1 Å². The number of anilines is 2. The van der Waals surface area contributed by atoms with Crippen molar-refractivity contribution in [2.24, 2.45) is 0 Å². The lowest BCUT2D eigenvalue weighted by atomic mass is 9.92. The highest BCUT2D eigenvalue weighted by Gasteiger charge is 2.37. The van der Waals surface area contributed by atoms with Crippen molar-refractivity contribution >= 4 is 29.1 Å². The first-order chi connectivity index (χ1) is 18.8. The second-order valence-corrected chi connectivity index (χ2v) is 9.59. The van der Waals surface area contributed by atoms with Crippen molar-refractivity contribution in [2.45, 2.75) is 32.2 Å². The molecule has 0 spiro atoms. The third-order valence-electron chi connectivity index (χ3n) is 6.81. The Morgan fingerprint density at radius 2 is 1.62 bits per heavy atom. The molecule has 0 aliphatic carbocycles. The number of nitrogens with two attached hydrogens (primary N) is 1. The molecule has 0 aromatic heterocycles. The fraction of sp³-hybridized carbons (Fsp3) is 0.156. The van der Waals surface area contributed by atoms with Gasteiger partial charge in [-0.1, -0.05) is 60.7 Å². The molecule has 3 N–H and O–H groups in total. The molecule has 0 saturated carbocycles. The zero-order valence-electron chi connectivity index (χ0n) is 21.8. The molecule has 2 atom stereocenters. The van der Waals surface area contributed by atoms with Crippen LogP contribution in [0, 0.1) is 0 Å². The molecule has 7 nitrogen and oxygen atoms in total. The zero-order valence-corrected chi connectivity index (χ0v) is 21.8. The van der Waals surface area contributed by atoms with Gasteiger partial charge >= 0.3 is 0 Å². The van der Waals surface area contributed by atoms with Crippen molar-refractivity contribution in [3.63, 3.8) is 0 Å². The summed E-state index contributed by atoms with van der Waals surface area (Å²) in [6.45, 7) is 3.36. The van der Waals surface area contributed by atoms with E-state index in [0.717, 1.165) is 21.6 Å². The number of hydrogen-bond acceptors (Lipinski definition) is 5. The minimum atomic E-state index is -0.951. The summed E-state index contributed by atoms with van der Waals surface area (Å²) in [4.78, 5) is 41.4. The highest BCUT2D eigenvalue weighted by Crippen LogP contribution is 2.44. The molecule has 1 unspecified atom stereocenters. The van der Waals surface area contributed by atoms with Crippen LogP contribution in [0.5, 0.6) is 11.5 Å². The predicted octanol–water partition coefficient (Wildman–Crippen LogP) is 5.45. The molecule has 0 fully saturated rings. The van der Waals surface area contributed by atoms with Crippen LogP contribution in [0.2, 0.25) is 0 Å². The molecule has 0 bridgehead atoms. The van der Waals surface area contributed by atoms with E-state index in [0.29, 0.717) is 28.4 Å². The Labute approximate surface area is 227 Å². The Morgan fingerprint density at radius 1 is 0.923 bits per heavy atom. The molecule has 4 aromatic carbocycles. The van der Waals surface area contributed by atoms with E-state index in [9.17, 15) is 14.4 Å². The summed E-state index contributed by atoms with van der Waals surface area (Å²) in [6.07, 6.45) is 0.0446. The SMILES string of the molecule is CC1C(=O)N(C(=O)[C@H](C)NC(=O)Cc2cccc(Oc3ccccc3)c2)c2cccc(N)c2-c2ccccc21. The minimum absolute atomic E-state index is 0.0446. The summed E-state index contributed by atoms with van der Waals surface area (Å²) in [5.41, 5.74) is 10.2. The molecule has 4 aromatic rings. The second-order valence-electron chi connectivity index (χ2n) is 9.59. The van der Waals surface area contributed by atoms with E-state index in [-0.39, 0.29) is 18.2 Å². The molecular weight excluding hydrogens is 490 g/mol. The lowest BCUT2D eigenvalue weighted by molar-refractivity contribution is -0.131. The number of hydrogen-bond donors (Lipinski definition) is 2. The van der Waals surface area contributed by atoms with Crippen LogP contribution >= 0.6 is 0 Å². The molecule has 0 saturated heterocycles. The maximum Gasteiger partial charge on any atom is 0.256 e. The summed E-state index contributed by atoms with van der Waals surface area (Å²) < 4.78 is 5.86. The maximum atomic E-state index is 13.7. The number of nitrogen functional groups attached to an aromatic ring is 1. The van der Waals surface area contributed by atoms with Crippen molar-refractivity contribution in [1.82, 2.24) is 5.32 Å². The smallest absolute Gasteiger partial charge is 0.256 e. The van der Waals surface area contributed by atoms with Gasteiger partial charge in [0.25, 0.3) is 5.91 Å². The summed E-state index contributed by atoms with van der Waals surface area (Å²) >= 11 is 0. The normalized spacial score (nSPS) is 15.0. The van der Waals surface area contributed by atoms with Crippen LogP contribution in [0.1, 0.15) is 30.9 Å². The van der Waals surface area contributed by atoms with E-state index in [1.807, 2.05) is 72.8 Å². The van der Waals surface area contributed by atoms with Gasteiger partial charge in [-0.25, -0.2) is 4.90 Å². The number of benzene rings is 4. The summed E-state index contributed by atoms with van der Waals surface area (Å²) in [5, 5.41) is 2.76. The average molecular weight is 520 g/mol. The minimum Gasteiger partial charge on any atom is -0.457 e. The molecule has 1 heterocycles. The molecule has 5 rings (SSSR count). The molecule has 3 amide bonds. The number of para-hydroxylation sites is 1. The number of carbonyl (C=O) groups is 3. The van der Waals surface area contributed by atoms with E-state index >= 15 is 0 Å². The molecule has 1 aliphatic rings. The van der Waals surface area contributed by atoms with Crippen LogP contribution in [0.4, 0.5) is 11.4 Å². The zero-order chi connectivity index (χ0) is 27.5. The number of carbonyl (C=O) groups excluding carboxylic acids is 3. The van der Waals surface area contributed by atoms with Gasteiger partial charge in [0, 0.05) is 11.3 Å². The fourth-order valence-electron chi connectivity index (χ4n) is 4.89. The van der Waals surface area contributed by atoms with Crippen molar-refractivity contribution in [3.05, 3.63) is 108 Å². The molecule has 196 valence electrons. The van der Waals surface area contributed by atoms with Gasteiger partial charge in [-0.15, -0.1) is 0 Å². The Bertz CT molecular complexity index is 1550. The fourth-order valence-corrected chi connectivity index (χ4v) is 4.89. The largest absolute Gasteiger partial charge is 0.457 e. The third kappa shape index (κ3) is 5.25.